The highest BCUT2D eigenvalue weighted by molar-refractivity contribution is 7.93. The maximum Gasteiger partial charge on any atom is 0.313 e. The zero-order valence-corrected chi connectivity index (χ0v) is 21.1. The number of thiol groups is 4. The fraction of sp³-hybridized carbons (Fsp3) is 0.692. The molecule has 10 nitrogen and oxygen atoms in total. The largest absolute Gasteiger partial charge is 0.481 e. The van der Waals surface area contributed by atoms with Gasteiger partial charge in [0, 0.05) is 23.5 Å². The molecule has 0 fully saturated rings. The number of carboxylic acid groups (broad SMARTS) is 4. The fourth-order valence-corrected chi connectivity index (χ4v) is 0.574. The van der Waals surface area contributed by atoms with Gasteiger partial charge in [-0.1, -0.05) is 6.92 Å². The number of aliphatic carboxylic acids is 4. The molecule has 0 aromatic carbocycles. The molecule has 0 aliphatic rings. The molecular formula is C13H30O10S6. The first-order valence-electron chi connectivity index (χ1n) is 7.16. The first kappa shape index (κ1) is 42.9. The Hall–Kier alpha value is -0.100. The lowest BCUT2D eigenvalue weighted by molar-refractivity contribution is -0.137. The van der Waals surface area contributed by atoms with Crippen molar-refractivity contribution in [1.82, 2.24) is 0 Å². The Kier molecular flexibility index (Phi) is 68.4. The molecule has 0 heterocycles. The van der Waals surface area contributed by atoms with Crippen LogP contribution in [0.4, 0.5) is 0 Å². The molecule has 0 saturated carbocycles. The van der Waals surface area contributed by atoms with Crippen molar-refractivity contribution >= 4 is 98.5 Å². The van der Waals surface area contributed by atoms with Gasteiger partial charge in [0.05, 0.1) is 24.3 Å². The van der Waals surface area contributed by atoms with Gasteiger partial charge < -0.3 is 29.5 Å². The number of hydrogen-bond acceptors (Lipinski definition) is 12. The standard InChI is InChI=1S/2C3H6O2S.2C2H4O2S.C2H6OS.CH4OS/c2*4-3(5)1-2-6;2*3-2(4)1-5;1-2-4-3;1-3-2/h2*6H,1-2H2,(H,4,5);2*5H,1H2,(H,3,4);3H,2H2,1H3;2H,1H3. The summed E-state index contributed by atoms with van der Waals surface area (Å²) in [6.45, 7) is 1.89. The van der Waals surface area contributed by atoms with Gasteiger partial charge in [0.25, 0.3) is 0 Å². The van der Waals surface area contributed by atoms with Gasteiger partial charge in [-0.3, -0.25) is 19.2 Å². The van der Waals surface area contributed by atoms with Crippen LogP contribution in [0.1, 0.15) is 19.8 Å². The van der Waals surface area contributed by atoms with Gasteiger partial charge in [-0.05, 0) is 24.1 Å². The van der Waals surface area contributed by atoms with Crippen molar-refractivity contribution in [2.75, 3.05) is 35.0 Å². The van der Waals surface area contributed by atoms with Crippen LogP contribution in [-0.4, -0.2) is 88.4 Å². The van der Waals surface area contributed by atoms with E-state index in [0.29, 0.717) is 11.5 Å². The monoisotopic (exact) mass is 538 g/mol. The zero-order valence-electron chi connectivity index (χ0n) is 15.9. The van der Waals surface area contributed by atoms with Crippen molar-refractivity contribution in [3.05, 3.63) is 0 Å². The average molecular weight is 539 g/mol. The molecule has 0 amide bonds. The summed E-state index contributed by atoms with van der Waals surface area (Å²) in [6.07, 6.45) is 1.91. The van der Waals surface area contributed by atoms with E-state index in [2.05, 4.69) is 50.5 Å². The minimum absolute atomic E-state index is 0.0833. The molecule has 0 aromatic heterocycles. The zero-order chi connectivity index (χ0) is 24.7. The van der Waals surface area contributed by atoms with Gasteiger partial charge in [-0.2, -0.15) is 50.5 Å². The van der Waals surface area contributed by atoms with Gasteiger partial charge in [0.1, 0.15) is 0 Å². The quantitative estimate of drug-likeness (QED) is 0.169. The molecule has 0 rings (SSSR count). The van der Waals surface area contributed by atoms with Crippen LogP contribution in [0.2, 0.25) is 0 Å². The van der Waals surface area contributed by atoms with Gasteiger partial charge >= 0.3 is 23.9 Å². The minimum atomic E-state index is -0.881. The Morgan fingerprint density at radius 3 is 0.862 bits per heavy atom. The van der Waals surface area contributed by atoms with Crippen LogP contribution in [0.3, 0.4) is 0 Å². The molecule has 0 atom stereocenters. The molecule has 0 unspecified atom stereocenters. The summed E-state index contributed by atoms with van der Waals surface area (Å²) in [7, 11) is 0. The molecule has 0 aliphatic carbocycles. The highest BCUT2D eigenvalue weighted by Crippen LogP contribution is 1.82. The first-order chi connectivity index (χ1) is 13.4. The number of rotatable bonds is 7. The Balaban J connectivity index is -0.0000000555. The molecule has 0 aromatic rings. The molecular weight excluding hydrogens is 509 g/mol. The maximum absolute atomic E-state index is 9.55. The van der Waals surface area contributed by atoms with Crippen LogP contribution in [0.5, 0.6) is 0 Å². The van der Waals surface area contributed by atoms with Crippen LogP contribution in [0.25, 0.3) is 0 Å². The third-order valence-electron chi connectivity index (χ3n) is 1.05. The second kappa shape index (κ2) is 46.2. The van der Waals surface area contributed by atoms with E-state index < -0.39 is 23.9 Å². The smallest absolute Gasteiger partial charge is 0.313 e. The lowest BCUT2D eigenvalue weighted by Gasteiger charge is -1.79. The molecule has 0 spiro atoms. The molecule has 29 heavy (non-hydrogen) atoms. The van der Waals surface area contributed by atoms with Crippen LogP contribution >= 0.6 is 74.6 Å². The molecule has 16 heteroatoms. The Labute approximate surface area is 201 Å². The van der Waals surface area contributed by atoms with E-state index >= 15 is 0 Å². The van der Waals surface area contributed by atoms with Crippen molar-refractivity contribution < 1.29 is 48.7 Å². The summed E-state index contributed by atoms with van der Waals surface area (Å²) in [5.41, 5.74) is 0. The predicted octanol–water partition coefficient (Wildman–Crippen LogP) is 2.82. The summed E-state index contributed by atoms with van der Waals surface area (Å²) in [5, 5.41) is 31.0. The van der Waals surface area contributed by atoms with Crippen LogP contribution < -0.4 is 0 Å². The van der Waals surface area contributed by atoms with Gasteiger partial charge in [0.15, 0.2) is 0 Å². The molecule has 0 saturated heterocycles. The van der Waals surface area contributed by atoms with E-state index in [9.17, 15) is 19.2 Å². The minimum Gasteiger partial charge on any atom is -0.481 e. The van der Waals surface area contributed by atoms with Crippen molar-refractivity contribution in [3.8, 4) is 0 Å². The third-order valence-corrected chi connectivity index (χ3v) is 2.30. The maximum atomic E-state index is 9.55. The highest BCUT2D eigenvalue weighted by Gasteiger charge is 1.88. The predicted molar refractivity (Wildman–Crippen MR) is 132 cm³/mol. The van der Waals surface area contributed by atoms with E-state index in [1.54, 1.807) is 6.26 Å². The number of carbonyl (C=O) groups is 4. The average Bonchev–Trinajstić information content (AvgIpc) is 2.63. The molecule has 6 N–H and O–H groups in total. The Morgan fingerprint density at radius 1 is 0.690 bits per heavy atom. The van der Waals surface area contributed by atoms with Crippen molar-refractivity contribution in [2.45, 2.75) is 19.8 Å². The molecule has 0 aliphatic heterocycles. The number of hydrogen-bond donors (Lipinski definition) is 10. The molecule has 0 bridgehead atoms. The van der Waals surface area contributed by atoms with E-state index in [4.69, 9.17) is 29.5 Å². The van der Waals surface area contributed by atoms with E-state index in [0.717, 1.165) is 29.8 Å². The van der Waals surface area contributed by atoms with Crippen LogP contribution in [0.15, 0.2) is 0 Å². The Bertz CT molecular complexity index is 329. The summed E-state index contributed by atoms with van der Waals surface area (Å²) >= 11 is 15.8. The second-order valence-electron chi connectivity index (χ2n) is 3.44. The summed E-state index contributed by atoms with van der Waals surface area (Å²) in [5.74, 6) is -1.86. The van der Waals surface area contributed by atoms with Gasteiger partial charge in [0.2, 0.25) is 0 Å². The van der Waals surface area contributed by atoms with E-state index in [-0.39, 0.29) is 24.3 Å². The molecule has 178 valence electrons. The van der Waals surface area contributed by atoms with Gasteiger partial charge in [-0.25, -0.2) is 0 Å². The summed E-state index contributed by atoms with van der Waals surface area (Å²) in [6, 6.07) is 0. The fourth-order valence-electron chi connectivity index (χ4n) is 0.191. The van der Waals surface area contributed by atoms with Crippen molar-refractivity contribution in [2.24, 2.45) is 0 Å². The van der Waals surface area contributed by atoms with E-state index in [1.807, 2.05) is 6.92 Å². The second-order valence-corrected chi connectivity index (χ2v) is 6.17. The van der Waals surface area contributed by atoms with Crippen LogP contribution in [0, 0.1) is 0 Å². The highest BCUT2D eigenvalue weighted by atomic mass is 32.2. The Morgan fingerprint density at radius 2 is 0.862 bits per heavy atom. The van der Waals surface area contributed by atoms with Crippen LogP contribution in [-0.2, 0) is 19.2 Å². The van der Waals surface area contributed by atoms with Crippen molar-refractivity contribution in [3.63, 3.8) is 0 Å². The topological polar surface area (TPSA) is 190 Å². The SMILES string of the molecule is CCSO.CSO.O=C(O)CCS.O=C(O)CCS.O=C(O)CS.O=C(O)CS. The lowest BCUT2D eigenvalue weighted by Crippen LogP contribution is -1.93. The van der Waals surface area contributed by atoms with E-state index in [1.165, 1.54) is 0 Å². The first-order valence-corrected chi connectivity index (χ1v) is 11.8. The van der Waals surface area contributed by atoms with Gasteiger partial charge in [-0.15, -0.1) is 0 Å². The number of carboxylic acids is 4. The molecule has 0 radical (unpaired) electrons. The summed E-state index contributed by atoms with van der Waals surface area (Å²) in [4.78, 5) is 37.7. The summed E-state index contributed by atoms with van der Waals surface area (Å²) < 4.78 is 15.3. The lowest BCUT2D eigenvalue weighted by atomic mass is 10.5. The third kappa shape index (κ3) is 158. The van der Waals surface area contributed by atoms with Crippen molar-refractivity contribution in [1.29, 1.82) is 0 Å². The normalized spacial score (nSPS) is 7.59.